The molecule has 0 saturated carbocycles. The average molecular weight is 203 g/mol. The van der Waals surface area contributed by atoms with Crippen LogP contribution in [0, 0.1) is 0 Å². The third-order valence-electron chi connectivity index (χ3n) is 2.18. The Morgan fingerprint density at radius 1 is 1.20 bits per heavy atom. The highest BCUT2D eigenvalue weighted by Gasteiger charge is 2.00. The molecule has 0 unspecified atom stereocenters. The van der Waals surface area contributed by atoms with Crippen molar-refractivity contribution in [3.63, 3.8) is 0 Å². The summed E-state index contributed by atoms with van der Waals surface area (Å²) >= 11 is 0. The number of tetrazole rings is 1. The molecule has 0 spiro atoms. The summed E-state index contributed by atoms with van der Waals surface area (Å²) in [5, 5.41) is 24.3. The SMILES string of the molecule is [O]Cc1cccc(CCc2nn[nH]n2)c1. The zero-order chi connectivity index (χ0) is 10.5. The average Bonchev–Trinajstić information content (AvgIpc) is 2.79. The lowest BCUT2D eigenvalue weighted by Gasteiger charge is -2.00. The van der Waals surface area contributed by atoms with Crippen molar-refractivity contribution in [3.8, 4) is 0 Å². The number of benzene rings is 1. The van der Waals surface area contributed by atoms with Crippen LogP contribution in [0.1, 0.15) is 17.0 Å². The molecule has 5 nitrogen and oxygen atoms in total. The van der Waals surface area contributed by atoms with Crippen molar-refractivity contribution in [3.05, 3.63) is 41.2 Å². The van der Waals surface area contributed by atoms with Crippen LogP contribution in [0.25, 0.3) is 0 Å². The van der Waals surface area contributed by atoms with E-state index >= 15 is 0 Å². The van der Waals surface area contributed by atoms with Gasteiger partial charge in [-0.2, -0.15) is 5.21 Å². The lowest BCUT2D eigenvalue weighted by molar-refractivity contribution is 0.177. The van der Waals surface area contributed by atoms with Gasteiger partial charge in [-0.05, 0) is 17.5 Å². The van der Waals surface area contributed by atoms with Crippen LogP contribution in [0.15, 0.2) is 24.3 Å². The van der Waals surface area contributed by atoms with Gasteiger partial charge in [-0.1, -0.05) is 29.5 Å². The molecule has 0 bridgehead atoms. The van der Waals surface area contributed by atoms with Crippen LogP contribution in [0.2, 0.25) is 0 Å². The number of aromatic nitrogens is 4. The molecule has 2 rings (SSSR count). The molecular formula is C10H11N4O. The molecule has 1 heterocycles. The van der Waals surface area contributed by atoms with Crippen molar-refractivity contribution < 1.29 is 5.11 Å². The molecule has 15 heavy (non-hydrogen) atoms. The fourth-order valence-corrected chi connectivity index (χ4v) is 1.42. The highest BCUT2D eigenvalue weighted by molar-refractivity contribution is 5.23. The second kappa shape index (κ2) is 4.65. The fraction of sp³-hybridized carbons (Fsp3) is 0.300. The van der Waals surface area contributed by atoms with Crippen molar-refractivity contribution in [2.45, 2.75) is 19.4 Å². The van der Waals surface area contributed by atoms with Crippen molar-refractivity contribution >= 4 is 0 Å². The highest BCUT2D eigenvalue weighted by Crippen LogP contribution is 2.07. The fourth-order valence-electron chi connectivity index (χ4n) is 1.42. The highest BCUT2D eigenvalue weighted by atomic mass is 16.3. The van der Waals surface area contributed by atoms with E-state index in [9.17, 15) is 5.11 Å². The van der Waals surface area contributed by atoms with E-state index in [1.54, 1.807) is 0 Å². The summed E-state index contributed by atoms with van der Waals surface area (Å²) in [6.07, 6.45) is 1.56. The molecule has 0 aliphatic rings. The van der Waals surface area contributed by atoms with Gasteiger partial charge in [0, 0.05) is 6.42 Å². The Labute approximate surface area is 87.2 Å². The second-order valence-corrected chi connectivity index (χ2v) is 3.29. The van der Waals surface area contributed by atoms with Crippen LogP contribution in [-0.4, -0.2) is 20.6 Å². The zero-order valence-corrected chi connectivity index (χ0v) is 8.18. The Kier molecular flexibility index (Phi) is 3.04. The summed E-state index contributed by atoms with van der Waals surface area (Å²) in [5.74, 6) is 0.697. The Bertz CT molecular complexity index is 413. The Morgan fingerprint density at radius 3 is 2.80 bits per heavy atom. The Morgan fingerprint density at radius 2 is 2.07 bits per heavy atom. The molecule has 0 fully saturated rings. The van der Waals surface area contributed by atoms with E-state index in [-0.39, 0.29) is 6.61 Å². The first kappa shape index (κ1) is 9.79. The normalized spacial score (nSPS) is 10.5. The number of aromatic amines is 1. The van der Waals surface area contributed by atoms with Crippen molar-refractivity contribution in [1.29, 1.82) is 0 Å². The third-order valence-corrected chi connectivity index (χ3v) is 2.18. The maximum Gasteiger partial charge on any atom is 0.174 e. The predicted octanol–water partition coefficient (Wildman–Crippen LogP) is 0.915. The topological polar surface area (TPSA) is 74.4 Å². The lowest BCUT2D eigenvalue weighted by atomic mass is 10.1. The molecule has 0 amide bonds. The van der Waals surface area contributed by atoms with Crippen molar-refractivity contribution in [2.75, 3.05) is 0 Å². The number of nitrogens with one attached hydrogen (secondary N) is 1. The minimum Gasteiger partial charge on any atom is -0.232 e. The molecule has 1 aromatic carbocycles. The monoisotopic (exact) mass is 203 g/mol. The molecule has 0 aliphatic heterocycles. The van der Waals surface area contributed by atoms with Crippen LogP contribution in [0.3, 0.4) is 0 Å². The van der Waals surface area contributed by atoms with Gasteiger partial charge in [0.1, 0.15) is 6.61 Å². The van der Waals surface area contributed by atoms with Crippen LogP contribution < -0.4 is 0 Å². The van der Waals surface area contributed by atoms with Crippen LogP contribution >= 0.6 is 0 Å². The van der Waals surface area contributed by atoms with Crippen molar-refractivity contribution in [1.82, 2.24) is 20.6 Å². The molecule has 0 aliphatic carbocycles. The van der Waals surface area contributed by atoms with Gasteiger partial charge in [0.25, 0.3) is 0 Å². The summed E-state index contributed by atoms with van der Waals surface area (Å²) in [6, 6.07) is 7.66. The number of hydrogen-bond acceptors (Lipinski definition) is 3. The second-order valence-electron chi connectivity index (χ2n) is 3.29. The van der Waals surface area contributed by atoms with Crippen molar-refractivity contribution in [2.24, 2.45) is 0 Å². The maximum atomic E-state index is 10.7. The molecule has 0 atom stereocenters. The summed E-state index contributed by atoms with van der Waals surface area (Å²) < 4.78 is 0. The zero-order valence-electron chi connectivity index (χ0n) is 8.18. The summed E-state index contributed by atoms with van der Waals surface area (Å²) in [4.78, 5) is 0. The number of H-pyrrole nitrogens is 1. The van der Waals surface area contributed by atoms with E-state index in [0.717, 1.165) is 24.0 Å². The van der Waals surface area contributed by atoms with Crippen LogP contribution in [0.5, 0.6) is 0 Å². The molecule has 2 aromatic rings. The van der Waals surface area contributed by atoms with Gasteiger partial charge in [-0.15, -0.1) is 10.2 Å². The van der Waals surface area contributed by atoms with Gasteiger partial charge in [0.15, 0.2) is 5.82 Å². The largest absolute Gasteiger partial charge is 0.232 e. The first-order valence-corrected chi connectivity index (χ1v) is 4.77. The van der Waals surface area contributed by atoms with E-state index in [1.807, 2.05) is 24.3 Å². The third kappa shape index (κ3) is 2.60. The summed E-state index contributed by atoms with van der Waals surface area (Å²) in [7, 11) is 0. The minimum absolute atomic E-state index is 0.171. The first-order valence-electron chi connectivity index (χ1n) is 4.77. The van der Waals surface area contributed by atoms with E-state index in [4.69, 9.17) is 0 Å². The molecule has 1 N–H and O–H groups in total. The summed E-state index contributed by atoms with van der Waals surface area (Å²) in [6.45, 7) is -0.171. The van der Waals surface area contributed by atoms with Gasteiger partial charge in [-0.25, -0.2) is 5.11 Å². The lowest BCUT2D eigenvalue weighted by Crippen LogP contribution is -1.94. The quantitative estimate of drug-likeness (QED) is 0.802. The van der Waals surface area contributed by atoms with Gasteiger partial charge < -0.3 is 0 Å². The number of aryl methyl sites for hydroxylation is 2. The number of hydrogen-bond donors (Lipinski definition) is 1. The van der Waals surface area contributed by atoms with E-state index < -0.39 is 0 Å². The summed E-state index contributed by atoms with van der Waals surface area (Å²) in [5.41, 5.74) is 1.95. The van der Waals surface area contributed by atoms with Gasteiger partial charge >= 0.3 is 0 Å². The maximum absolute atomic E-state index is 10.7. The van der Waals surface area contributed by atoms with E-state index in [0.29, 0.717) is 5.82 Å². The predicted molar refractivity (Wildman–Crippen MR) is 52.4 cm³/mol. The Hall–Kier alpha value is -1.75. The first-order chi connectivity index (χ1) is 7.38. The standard InChI is InChI=1S/C10H11N4O/c15-7-9-3-1-2-8(6-9)4-5-10-11-13-14-12-10/h1-3,6H,4-5,7H2,(H,11,12,13,14). The molecular weight excluding hydrogens is 192 g/mol. The minimum atomic E-state index is -0.171. The Balaban J connectivity index is 1.98. The van der Waals surface area contributed by atoms with Gasteiger partial charge in [0.05, 0.1) is 0 Å². The molecule has 77 valence electrons. The van der Waals surface area contributed by atoms with Gasteiger partial charge in [-0.3, -0.25) is 0 Å². The molecule has 0 saturated heterocycles. The number of nitrogens with zero attached hydrogens (tertiary/aromatic N) is 3. The van der Waals surface area contributed by atoms with Crippen LogP contribution in [0.4, 0.5) is 0 Å². The van der Waals surface area contributed by atoms with E-state index in [2.05, 4.69) is 20.6 Å². The molecule has 1 aromatic heterocycles. The van der Waals surface area contributed by atoms with Gasteiger partial charge in [0.2, 0.25) is 0 Å². The smallest absolute Gasteiger partial charge is 0.174 e. The van der Waals surface area contributed by atoms with Crippen LogP contribution in [-0.2, 0) is 24.6 Å². The van der Waals surface area contributed by atoms with E-state index in [1.165, 1.54) is 0 Å². The number of rotatable bonds is 4. The molecule has 5 heteroatoms. The molecule has 1 radical (unpaired) electrons.